The minimum atomic E-state index is -6.30. The summed E-state index contributed by atoms with van der Waals surface area (Å²) in [5.41, 5.74) is 13.8. The molecule has 42 nitrogen and oxygen atoms in total. The van der Waals surface area contributed by atoms with Gasteiger partial charge in [0.25, 0.3) is 28.5 Å². The minimum absolute atomic E-state index is 0.0275. The third kappa shape index (κ3) is 12.8. The van der Waals surface area contributed by atoms with Crippen molar-refractivity contribution in [2.45, 2.75) is 67.5 Å². The van der Waals surface area contributed by atoms with Gasteiger partial charge >= 0.3 is 36.9 Å². The van der Waals surface area contributed by atoms with E-state index in [1.165, 1.54) is 40.8 Å². The number of carbonyl (C=O) groups is 1. The molecule has 7 aromatic heterocycles. The number of hydrogen-bond donors (Lipinski definition) is 14. The monoisotopic (exact) mass is 1280 g/mol. The van der Waals surface area contributed by atoms with E-state index in [2.05, 4.69) is 58.8 Å². The highest BCUT2D eigenvalue weighted by Gasteiger charge is 2.54. The zero-order chi connectivity index (χ0) is 61.2. The normalized spacial score (nSPS) is 28.2. The molecule has 3 fully saturated rings. The number of pyridine rings is 1. The molecule has 16 atom stereocenters. The maximum absolute atomic E-state index is 13.8. The first-order chi connectivity index (χ1) is 40.0. The molecule has 0 aliphatic carbocycles. The highest BCUT2D eigenvalue weighted by Crippen LogP contribution is 2.68. The van der Waals surface area contributed by atoms with E-state index in [-0.39, 0.29) is 51.1 Å². The van der Waals surface area contributed by atoms with Gasteiger partial charge in [-0.2, -0.15) is 18.6 Å². The molecule has 85 heavy (non-hydrogen) atoms. The number of carbonyl (C=O) groups excluding carboxylic acids is 1. The van der Waals surface area contributed by atoms with Gasteiger partial charge in [0.15, 0.2) is 41.1 Å². The Balaban J connectivity index is 0.826. The molecular weight excluding hydrogens is 1230 g/mol. The van der Waals surface area contributed by atoms with Gasteiger partial charge in [-0.1, -0.05) is 11.1 Å². The van der Waals surface area contributed by atoms with E-state index in [1.54, 1.807) is 6.07 Å². The molecule has 3 saturated heterocycles. The number of H-pyrrole nitrogens is 3. The summed E-state index contributed by atoms with van der Waals surface area (Å²) in [6, 6.07) is 4.45. The van der Waals surface area contributed by atoms with Crippen LogP contribution < -0.4 is 43.8 Å². The zero-order valence-corrected chi connectivity index (χ0v) is 46.8. The number of aromatic nitrogens is 13. The van der Waals surface area contributed by atoms with Crippen molar-refractivity contribution in [3.63, 3.8) is 0 Å². The van der Waals surface area contributed by atoms with E-state index in [0.717, 1.165) is 28.9 Å². The first-order valence-corrected chi connectivity index (χ1v) is 30.3. The highest BCUT2D eigenvalue weighted by atomic mass is 31.3. The number of aliphatic hydroxyl groups excluding tert-OH is 3. The van der Waals surface area contributed by atoms with Gasteiger partial charge in [0.2, 0.25) is 23.6 Å². The average Bonchev–Trinajstić information content (AvgIpc) is 2.03. The first kappa shape index (κ1) is 61.4. The summed E-state index contributed by atoms with van der Waals surface area (Å²) in [6.07, 6.45) is -14.0. The Morgan fingerprint density at radius 3 is 1.85 bits per heavy atom. The fraction of sp³-hybridized carbons (Fsp3) is 0.462. The number of aromatic amines is 3. The maximum atomic E-state index is 13.8. The van der Waals surface area contributed by atoms with Crippen molar-refractivity contribution in [1.29, 1.82) is 0 Å². The molecular formula is C39H50N17O25P4+. The van der Waals surface area contributed by atoms with Crippen molar-refractivity contribution in [2.75, 3.05) is 50.7 Å². The van der Waals surface area contributed by atoms with E-state index < -0.39 is 160 Å². The van der Waals surface area contributed by atoms with E-state index >= 15 is 0 Å². The van der Waals surface area contributed by atoms with E-state index in [4.69, 9.17) is 54.2 Å². The molecule has 3 aliphatic heterocycles. The SMILES string of the molecule is CO[C@@H]1[C@H](OP(=O)(O)OC[C@H]2O[C@@H](n3cnc4c(=O)[nH]c(N)nc43)[C@H](O)[C@@H]2O)[C@@H](COP(=O)(O)OP(=O)(O)OP(=O)(O)OC[C@H]2OC([n+]3cn(C)c4c(=O)[nH]c(N)nc43)[C@H](O)[C@@H]2CNC(=O)c2ccccn2)O[C@H]1n1cnc2c(=O)[nH]c(N)nc21. The summed E-state index contributed by atoms with van der Waals surface area (Å²) in [5.74, 6) is -3.06. The van der Waals surface area contributed by atoms with Gasteiger partial charge in [-0.05, 0) is 12.1 Å². The van der Waals surface area contributed by atoms with Crippen LogP contribution in [0.5, 0.6) is 0 Å². The van der Waals surface area contributed by atoms with E-state index in [1.807, 2.05) is 0 Å². The number of nitrogens with zero attached hydrogens (tertiary/aromatic N) is 10. The summed E-state index contributed by atoms with van der Waals surface area (Å²) in [7, 11) is -21.3. The Kier molecular flexibility index (Phi) is 17.0. The smallest absolute Gasteiger partial charge is 0.387 e. The van der Waals surface area contributed by atoms with Crippen LogP contribution in [0.3, 0.4) is 0 Å². The Bertz CT molecular complexity index is 4070. The van der Waals surface area contributed by atoms with Crippen LogP contribution in [0.15, 0.2) is 57.8 Å². The molecule has 0 bridgehead atoms. The number of nitrogens with one attached hydrogen (secondary N) is 4. The minimum Gasteiger partial charge on any atom is -0.387 e. The highest BCUT2D eigenvalue weighted by molar-refractivity contribution is 7.66. The number of amides is 1. The molecule has 0 radical (unpaired) electrons. The molecule has 46 heteroatoms. The summed E-state index contributed by atoms with van der Waals surface area (Å²) in [6.45, 7) is -3.90. The van der Waals surface area contributed by atoms with Crippen LogP contribution in [-0.2, 0) is 71.0 Å². The standard InChI is InChI=1S/C39H49N17O25P4/c1-53-13-56(29-21(53)33(63)52-39(42)49-29)34-22(57)14(7-44-30(60)15-5-3-4-6-43-15)16(76-34)8-74-83(66,67)80-85(70,71)81-84(68,69)75-10-18-25(26(72-2)36(78-18)55-12-46-20-28(55)48-38(41)51-32(20)62)79-82(64,65)73-9-17-23(58)24(59)35(77-17)54-11-45-19-27(54)47-37(40)50-31(19)61/h3-6,11-14,16-18,22-26,34-36,57-59H,7-10H2,1-2H3,(H13-,40,41,42,44,47,48,49,50,51,52,60,61,62,63,64,65,66,67,68,69,70,71)/p+1/t14-,16-,17-,18-,22-,23-,24-,25-,26-,34?,35-,36-/m1/s1. The number of phosphoric ester groups is 3. The zero-order valence-electron chi connectivity index (χ0n) is 43.3. The van der Waals surface area contributed by atoms with Crippen molar-refractivity contribution in [2.24, 2.45) is 13.0 Å². The van der Waals surface area contributed by atoms with Crippen molar-refractivity contribution >= 4 is 88.5 Å². The van der Waals surface area contributed by atoms with Gasteiger partial charge < -0.3 is 76.4 Å². The third-order valence-electron chi connectivity index (χ3n) is 13.2. The van der Waals surface area contributed by atoms with Crippen LogP contribution in [0.25, 0.3) is 33.5 Å². The van der Waals surface area contributed by atoms with Crippen LogP contribution in [0.4, 0.5) is 17.8 Å². The van der Waals surface area contributed by atoms with Crippen molar-refractivity contribution in [1.82, 2.24) is 63.9 Å². The number of ether oxygens (including phenoxy) is 4. The van der Waals surface area contributed by atoms with Gasteiger partial charge in [-0.3, -0.25) is 70.9 Å². The Labute approximate surface area is 470 Å². The summed E-state index contributed by atoms with van der Waals surface area (Å²) in [4.78, 5) is 125. The largest absolute Gasteiger partial charge is 0.490 e. The van der Waals surface area contributed by atoms with Gasteiger partial charge in [0.1, 0.15) is 48.4 Å². The molecule has 460 valence electrons. The van der Waals surface area contributed by atoms with Gasteiger partial charge in [0.05, 0.1) is 45.6 Å². The lowest BCUT2D eigenvalue weighted by molar-refractivity contribution is -0.745. The number of rotatable bonds is 22. The number of anilines is 3. The summed E-state index contributed by atoms with van der Waals surface area (Å²) in [5, 5.41) is 36.0. The van der Waals surface area contributed by atoms with Crippen LogP contribution in [-0.4, -0.2) is 182 Å². The second-order valence-electron chi connectivity index (χ2n) is 18.8. The topological polar surface area (TPSA) is 604 Å². The molecule has 3 aliphatic rings. The Morgan fingerprint density at radius 1 is 0.694 bits per heavy atom. The lowest BCUT2D eigenvalue weighted by Crippen LogP contribution is -2.46. The van der Waals surface area contributed by atoms with Crippen molar-refractivity contribution in [3.05, 3.63) is 80.1 Å². The third-order valence-corrected chi connectivity index (χ3v) is 18.4. The molecule has 0 spiro atoms. The second kappa shape index (κ2) is 23.5. The Morgan fingerprint density at radius 2 is 1.25 bits per heavy atom. The maximum Gasteiger partial charge on any atom is 0.490 e. The van der Waals surface area contributed by atoms with Crippen molar-refractivity contribution in [3.8, 4) is 0 Å². The molecule has 0 saturated carbocycles. The Hall–Kier alpha value is -6.69. The number of nitrogens with two attached hydrogens (primary N) is 3. The first-order valence-electron chi connectivity index (χ1n) is 24.3. The van der Waals surface area contributed by atoms with Crippen LogP contribution >= 0.6 is 31.3 Å². The van der Waals surface area contributed by atoms with Gasteiger partial charge in [0, 0.05) is 25.8 Å². The lowest BCUT2D eigenvalue weighted by Gasteiger charge is -2.26. The fourth-order valence-electron chi connectivity index (χ4n) is 9.50. The number of phosphoric acid groups is 4. The van der Waals surface area contributed by atoms with Crippen LogP contribution in [0.2, 0.25) is 0 Å². The fourth-order valence-corrected chi connectivity index (χ4v) is 14.0. The lowest BCUT2D eigenvalue weighted by atomic mass is 9.98. The van der Waals surface area contributed by atoms with Crippen LogP contribution in [0.1, 0.15) is 29.2 Å². The number of aryl methyl sites for hydroxylation is 1. The number of imidazole rings is 3. The number of aliphatic hydroxyl groups is 3. The molecule has 17 N–H and O–H groups in total. The van der Waals surface area contributed by atoms with Crippen LogP contribution in [0, 0.1) is 5.92 Å². The van der Waals surface area contributed by atoms with Gasteiger partial charge in [-0.15, -0.1) is 0 Å². The van der Waals surface area contributed by atoms with Crippen molar-refractivity contribution < 1.29 is 108 Å². The predicted molar refractivity (Wildman–Crippen MR) is 276 cm³/mol. The number of nitrogen functional groups attached to an aromatic ring is 3. The molecule has 0 aromatic carbocycles. The summed E-state index contributed by atoms with van der Waals surface area (Å²) >= 11 is 0. The predicted octanol–water partition coefficient (Wildman–Crippen LogP) is -4.34. The van der Waals surface area contributed by atoms with E-state index in [9.17, 15) is 72.3 Å². The molecule has 7 aromatic rings. The molecule has 1 amide bonds. The number of methoxy groups -OCH3 is 1. The molecule has 5 unspecified atom stereocenters. The second-order valence-corrected chi connectivity index (χ2v) is 24.8. The van der Waals surface area contributed by atoms with Gasteiger partial charge in [-0.25, -0.2) is 32.8 Å². The molecule has 10 heterocycles. The quantitative estimate of drug-likeness (QED) is 0.0225. The molecule has 10 rings (SSSR count). The average molecular weight is 1280 g/mol. The van der Waals surface area contributed by atoms with E-state index in [0.29, 0.717) is 0 Å². The summed E-state index contributed by atoms with van der Waals surface area (Å²) < 4.78 is 111. The number of fused-ring (bicyclic) bond motifs is 3. The number of hydrogen-bond acceptors (Lipinski definition) is 30.